The molecule has 0 saturated carbocycles. The normalized spacial score (nSPS) is 19.9. The summed E-state index contributed by atoms with van der Waals surface area (Å²) in [5.74, 6) is 0.885. The Morgan fingerprint density at radius 1 is 1.27 bits per heavy atom. The number of benzene rings is 1. The number of fused-ring (bicyclic) bond motifs is 1. The van der Waals surface area contributed by atoms with Gasteiger partial charge < -0.3 is 19.7 Å². The van der Waals surface area contributed by atoms with Crippen LogP contribution in [0.25, 0.3) is 0 Å². The van der Waals surface area contributed by atoms with Gasteiger partial charge in [-0.1, -0.05) is 0 Å². The van der Waals surface area contributed by atoms with E-state index >= 15 is 0 Å². The van der Waals surface area contributed by atoms with E-state index in [9.17, 15) is 9.59 Å². The summed E-state index contributed by atoms with van der Waals surface area (Å²) < 4.78 is 10.5. The SMILES string of the molecule is CC1CCCCN1C(=O)CNC(=O)c1ccc2c(c1)OCO2. The molecule has 3 rings (SSSR count). The quantitative estimate of drug-likeness (QED) is 0.920. The highest BCUT2D eigenvalue weighted by atomic mass is 16.7. The number of piperidine rings is 1. The number of carbonyl (C=O) groups excluding carboxylic acids is 2. The molecule has 1 saturated heterocycles. The molecule has 2 amide bonds. The molecule has 1 N–H and O–H groups in total. The molecule has 22 heavy (non-hydrogen) atoms. The number of hydrogen-bond donors (Lipinski definition) is 1. The van der Waals surface area contributed by atoms with Crippen LogP contribution in [0.5, 0.6) is 11.5 Å². The molecule has 0 aliphatic carbocycles. The Morgan fingerprint density at radius 2 is 2.09 bits per heavy atom. The summed E-state index contributed by atoms with van der Waals surface area (Å²) >= 11 is 0. The minimum atomic E-state index is -0.281. The van der Waals surface area contributed by atoms with Crippen LogP contribution in [0.15, 0.2) is 18.2 Å². The van der Waals surface area contributed by atoms with Crippen molar-refractivity contribution < 1.29 is 19.1 Å². The zero-order valence-corrected chi connectivity index (χ0v) is 12.6. The Morgan fingerprint density at radius 3 is 2.91 bits per heavy atom. The molecule has 0 bridgehead atoms. The minimum Gasteiger partial charge on any atom is -0.454 e. The van der Waals surface area contributed by atoms with Gasteiger partial charge in [-0.15, -0.1) is 0 Å². The summed E-state index contributed by atoms with van der Waals surface area (Å²) in [5.41, 5.74) is 0.462. The molecule has 0 aromatic heterocycles. The number of carbonyl (C=O) groups is 2. The van der Waals surface area contributed by atoms with Crippen LogP contribution in [-0.4, -0.2) is 42.6 Å². The highest BCUT2D eigenvalue weighted by Gasteiger charge is 2.23. The molecule has 1 unspecified atom stereocenters. The van der Waals surface area contributed by atoms with E-state index in [1.54, 1.807) is 18.2 Å². The van der Waals surface area contributed by atoms with Crippen molar-refractivity contribution in [2.24, 2.45) is 0 Å². The summed E-state index contributed by atoms with van der Waals surface area (Å²) in [6.07, 6.45) is 3.22. The van der Waals surface area contributed by atoms with Crippen LogP contribution in [0.2, 0.25) is 0 Å². The smallest absolute Gasteiger partial charge is 0.251 e. The molecule has 0 spiro atoms. The van der Waals surface area contributed by atoms with E-state index in [0.717, 1.165) is 25.8 Å². The highest BCUT2D eigenvalue weighted by molar-refractivity contribution is 5.97. The first-order chi connectivity index (χ1) is 10.6. The van der Waals surface area contributed by atoms with Crippen molar-refractivity contribution in [3.8, 4) is 11.5 Å². The molecule has 118 valence electrons. The van der Waals surface area contributed by atoms with Gasteiger partial charge in [0.15, 0.2) is 11.5 Å². The zero-order valence-electron chi connectivity index (χ0n) is 12.6. The molecule has 2 heterocycles. The standard InChI is InChI=1S/C16H20N2O4/c1-11-4-2-3-7-18(11)15(19)9-17-16(20)12-5-6-13-14(8-12)22-10-21-13/h5-6,8,11H,2-4,7,9-10H2,1H3,(H,17,20). The van der Waals surface area contributed by atoms with Crippen molar-refractivity contribution in [2.45, 2.75) is 32.2 Å². The predicted molar refractivity (Wildman–Crippen MR) is 79.9 cm³/mol. The van der Waals surface area contributed by atoms with Crippen LogP contribution in [0, 0.1) is 0 Å². The van der Waals surface area contributed by atoms with Gasteiger partial charge >= 0.3 is 0 Å². The first-order valence-electron chi connectivity index (χ1n) is 7.62. The fourth-order valence-electron chi connectivity index (χ4n) is 2.87. The van der Waals surface area contributed by atoms with Gasteiger partial charge in [-0.3, -0.25) is 9.59 Å². The van der Waals surface area contributed by atoms with Crippen LogP contribution in [0.4, 0.5) is 0 Å². The number of nitrogens with zero attached hydrogens (tertiary/aromatic N) is 1. The van der Waals surface area contributed by atoms with Crippen molar-refractivity contribution in [1.29, 1.82) is 0 Å². The van der Waals surface area contributed by atoms with E-state index < -0.39 is 0 Å². The van der Waals surface area contributed by atoms with Crippen LogP contribution in [0.1, 0.15) is 36.5 Å². The van der Waals surface area contributed by atoms with E-state index in [1.165, 1.54) is 0 Å². The lowest BCUT2D eigenvalue weighted by Gasteiger charge is -2.33. The van der Waals surface area contributed by atoms with Gasteiger partial charge in [-0.2, -0.15) is 0 Å². The maximum atomic E-state index is 12.2. The molecule has 1 fully saturated rings. The van der Waals surface area contributed by atoms with Crippen molar-refractivity contribution in [3.63, 3.8) is 0 Å². The number of hydrogen-bond acceptors (Lipinski definition) is 4. The molecule has 2 aliphatic heterocycles. The highest BCUT2D eigenvalue weighted by Crippen LogP contribution is 2.32. The second-order valence-electron chi connectivity index (χ2n) is 5.68. The van der Waals surface area contributed by atoms with Gasteiger partial charge in [0.25, 0.3) is 5.91 Å². The molecular formula is C16H20N2O4. The van der Waals surface area contributed by atoms with E-state index in [0.29, 0.717) is 17.1 Å². The van der Waals surface area contributed by atoms with E-state index in [1.807, 2.05) is 4.90 Å². The van der Waals surface area contributed by atoms with Gasteiger partial charge in [0.05, 0.1) is 6.54 Å². The molecule has 1 aromatic carbocycles. The fourth-order valence-corrected chi connectivity index (χ4v) is 2.87. The van der Waals surface area contributed by atoms with Gasteiger partial charge in [0, 0.05) is 18.2 Å². The first-order valence-corrected chi connectivity index (χ1v) is 7.62. The molecule has 6 heteroatoms. The second kappa shape index (κ2) is 6.25. The lowest BCUT2D eigenvalue weighted by Crippen LogP contribution is -2.46. The summed E-state index contributed by atoms with van der Waals surface area (Å²) in [4.78, 5) is 26.2. The first kappa shape index (κ1) is 14.7. The number of rotatable bonds is 3. The van der Waals surface area contributed by atoms with Gasteiger partial charge in [-0.05, 0) is 44.4 Å². The van der Waals surface area contributed by atoms with E-state index in [4.69, 9.17) is 9.47 Å². The lowest BCUT2D eigenvalue weighted by molar-refractivity contribution is -0.133. The maximum Gasteiger partial charge on any atom is 0.251 e. The lowest BCUT2D eigenvalue weighted by atomic mass is 10.0. The Bertz CT molecular complexity index is 588. The monoisotopic (exact) mass is 304 g/mol. The number of nitrogens with one attached hydrogen (secondary N) is 1. The van der Waals surface area contributed by atoms with Crippen LogP contribution >= 0.6 is 0 Å². The summed E-state index contributed by atoms with van der Waals surface area (Å²) in [6.45, 7) is 3.03. The average Bonchev–Trinajstić information content (AvgIpc) is 3.00. The number of likely N-dealkylation sites (tertiary alicyclic amines) is 1. The van der Waals surface area contributed by atoms with Crippen molar-refractivity contribution in [3.05, 3.63) is 23.8 Å². The van der Waals surface area contributed by atoms with Gasteiger partial charge in [0.1, 0.15) is 0 Å². The van der Waals surface area contributed by atoms with E-state index in [-0.39, 0.29) is 31.2 Å². The third kappa shape index (κ3) is 3.00. The average molecular weight is 304 g/mol. The molecule has 6 nitrogen and oxygen atoms in total. The number of amides is 2. The predicted octanol–water partition coefficient (Wildman–Crippen LogP) is 1.55. The Hall–Kier alpha value is -2.24. The molecule has 2 aliphatic rings. The maximum absolute atomic E-state index is 12.2. The number of ether oxygens (including phenoxy) is 2. The van der Waals surface area contributed by atoms with Gasteiger partial charge in [0.2, 0.25) is 12.7 Å². The van der Waals surface area contributed by atoms with Crippen molar-refractivity contribution >= 4 is 11.8 Å². The second-order valence-corrected chi connectivity index (χ2v) is 5.68. The van der Waals surface area contributed by atoms with E-state index in [2.05, 4.69) is 12.2 Å². The Labute approximate surface area is 129 Å². The topological polar surface area (TPSA) is 67.9 Å². The summed E-state index contributed by atoms with van der Waals surface area (Å²) in [7, 11) is 0. The molecular weight excluding hydrogens is 284 g/mol. The minimum absolute atomic E-state index is 0.0254. The molecule has 1 atom stereocenters. The Kier molecular flexibility index (Phi) is 4.18. The van der Waals surface area contributed by atoms with Gasteiger partial charge in [-0.25, -0.2) is 0 Å². The third-order valence-corrected chi connectivity index (χ3v) is 4.16. The summed E-state index contributed by atoms with van der Waals surface area (Å²) in [6, 6.07) is 5.25. The van der Waals surface area contributed by atoms with Crippen LogP contribution in [-0.2, 0) is 4.79 Å². The van der Waals surface area contributed by atoms with Crippen LogP contribution < -0.4 is 14.8 Å². The Balaban J connectivity index is 1.57. The largest absolute Gasteiger partial charge is 0.454 e. The fraction of sp³-hybridized carbons (Fsp3) is 0.500. The molecule has 0 radical (unpaired) electrons. The zero-order chi connectivity index (χ0) is 15.5. The molecule has 1 aromatic rings. The van der Waals surface area contributed by atoms with Crippen LogP contribution in [0.3, 0.4) is 0 Å². The summed E-state index contributed by atoms with van der Waals surface area (Å²) in [5, 5.41) is 2.68. The van der Waals surface area contributed by atoms with Crippen molar-refractivity contribution in [1.82, 2.24) is 10.2 Å². The third-order valence-electron chi connectivity index (χ3n) is 4.16. The van der Waals surface area contributed by atoms with Crippen molar-refractivity contribution in [2.75, 3.05) is 19.9 Å².